The Morgan fingerprint density at radius 1 is 0.965 bits per heavy atom. The molecule has 4 aromatic carbocycles. The standard InChI is InChI=1S/C45H48FN5O6/c1-2-3-23-47-44(54)39-27-33-13-21-37(22-14-33)56-24-5-8-31-7-4-9-38(26-31)57-25-6-10-41-43(34-15-17-35(46)18-16-34)48-30-51(41)29-42(53)49-40(45(55)50-39)28-32-11-19-36(52)20-12-32/h4-5,7-9,11-22,26,30,39-40,52H,2-3,6,10,23-25,27-29H2,1H3,(H,47,54)(H,49,53)(H,50,55)/b8-5-/t39-,40-/m0/s1. The summed E-state index contributed by atoms with van der Waals surface area (Å²) < 4.78 is 27.7. The van der Waals surface area contributed by atoms with Crippen molar-refractivity contribution < 1.29 is 33.4 Å². The number of nitrogens with one attached hydrogen (secondary N) is 3. The summed E-state index contributed by atoms with van der Waals surface area (Å²) in [7, 11) is 0. The number of hydrogen-bond donors (Lipinski definition) is 4. The van der Waals surface area contributed by atoms with E-state index >= 15 is 0 Å². The van der Waals surface area contributed by atoms with E-state index in [4.69, 9.17) is 9.47 Å². The first-order valence-corrected chi connectivity index (χ1v) is 19.3. The number of unbranched alkanes of at least 4 members (excludes halogenated alkanes) is 1. The second-order valence-corrected chi connectivity index (χ2v) is 14.0. The van der Waals surface area contributed by atoms with Crippen molar-refractivity contribution in [1.82, 2.24) is 25.5 Å². The summed E-state index contributed by atoms with van der Waals surface area (Å²) in [6.07, 6.45) is 8.49. The molecule has 57 heavy (non-hydrogen) atoms. The second-order valence-electron chi connectivity index (χ2n) is 14.0. The molecule has 12 heteroatoms. The summed E-state index contributed by atoms with van der Waals surface area (Å²) >= 11 is 0. The second kappa shape index (κ2) is 19.9. The zero-order chi connectivity index (χ0) is 40.0. The van der Waals surface area contributed by atoms with Crippen LogP contribution in [-0.2, 0) is 40.2 Å². The molecule has 11 nitrogen and oxygen atoms in total. The van der Waals surface area contributed by atoms with Gasteiger partial charge in [0.05, 0.1) is 18.6 Å². The fourth-order valence-electron chi connectivity index (χ4n) is 6.54. The van der Waals surface area contributed by atoms with Crippen molar-refractivity contribution in [2.45, 2.75) is 64.1 Å². The number of aromatic hydroxyl groups is 1. The molecular formula is C45H48FN5O6. The van der Waals surface area contributed by atoms with Gasteiger partial charge in [0.1, 0.15) is 48.3 Å². The molecule has 0 aliphatic carbocycles. The first kappa shape index (κ1) is 40.2. The molecule has 0 saturated carbocycles. The van der Waals surface area contributed by atoms with Gasteiger partial charge in [-0.25, -0.2) is 9.37 Å². The molecule has 7 rings (SSSR count). The highest BCUT2D eigenvalue weighted by molar-refractivity contribution is 5.92. The average Bonchev–Trinajstić information content (AvgIpc) is 3.60. The Balaban J connectivity index is 1.31. The molecule has 2 aliphatic heterocycles. The number of halogens is 1. The summed E-state index contributed by atoms with van der Waals surface area (Å²) in [6, 6.07) is 25.5. The van der Waals surface area contributed by atoms with Crippen molar-refractivity contribution in [3.05, 3.63) is 138 Å². The number of carbonyl (C=O) groups excluding carboxylic acids is 3. The van der Waals surface area contributed by atoms with Crippen LogP contribution in [0.15, 0.2) is 109 Å². The van der Waals surface area contributed by atoms with Gasteiger partial charge in [0, 0.05) is 30.6 Å². The summed E-state index contributed by atoms with van der Waals surface area (Å²) in [6.45, 7) is 3.04. The number of fused-ring (bicyclic) bond motifs is 14. The zero-order valence-electron chi connectivity index (χ0n) is 32.0. The Bertz CT molecular complexity index is 2130. The molecule has 0 spiro atoms. The molecular weight excluding hydrogens is 726 g/mol. The van der Waals surface area contributed by atoms with Crippen LogP contribution < -0.4 is 25.4 Å². The zero-order valence-corrected chi connectivity index (χ0v) is 32.0. The van der Waals surface area contributed by atoms with Gasteiger partial charge in [-0.1, -0.05) is 55.8 Å². The minimum atomic E-state index is -1.07. The molecule has 4 N–H and O–H groups in total. The van der Waals surface area contributed by atoms with E-state index < -0.39 is 23.9 Å². The number of benzene rings is 4. The number of nitrogens with zero attached hydrogens (tertiary/aromatic N) is 2. The van der Waals surface area contributed by atoms with Crippen molar-refractivity contribution in [2.75, 3.05) is 19.8 Å². The molecule has 3 amide bonds. The van der Waals surface area contributed by atoms with Crippen molar-refractivity contribution >= 4 is 23.8 Å². The summed E-state index contributed by atoms with van der Waals surface area (Å²) in [5, 5.41) is 18.7. The molecule has 0 fully saturated rings. The summed E-state index contributed by atoms with van der Waals surface area (Å²) in [5.74, 6) is -0.274. The molecule has 296 valence electrons. The molecule has 0 radical (unpaired) electrons. The maximum absolute atomic E-state index is 14.2. The van der Waals surface area contributed by atoms with Crippen molar-refractivity contribution in [2.24, 2.45) is 0 Å². The van der Waals surface area contributed by atoms with Crippen molar-refractivity contribution in [3.8, 4) is 28.5 Å². The van der Waals surface area contributed by atoms with Crippen molar-refractivity contribution in [3.63, 3.8) is 0 Å². The number of rotatable bonds is 7. The van der Waals surface area contributed by atoms with E-state index in [0.717, 1.165) is 29.7 Å². The number of amides is 3. The third kappa shape index (κ3) is 11.8. The van der Waals surface area contributed by atoms with E-state index in [9.17, 15) is 23.9 Å². The van der Waals surface area contributed by atoms with E-state index in [0.29, 0.717) is 60.9 Å². The largest absolute Gasteiger partial charge is 0.508 e. The third-order valence-electron chi connectivity index (χ3n) is 9.57. The smallest absolute Gasteiger partial charge is 0.243 e. The van der Waals surface area contributed by atoms with Gasteiger partial charge < -0.3 is 35.1 Å². The SMILES string of the molecule is CCCCNC(=O)[C@@H]1Cc2ccc(cc2)OC/C=C\c2cccc(c2)OCCCc2c(-c3ccc(F)cc3)ncn2CC(=O)N[C@@H](Cc2ccc(O)cc2)C(=O)N1. The number of phenols is 1. The molecule has 2 atom stereocenters. The van der Waals surface area contributed by atoms with Crippen LogP contribution >= 0.6 is 0 Å². The first-order chi connectivity index (χ1) is 27.7. The number of ether oxygens (including phenoxy) is 2. The van der Waals surface area contributed by atoms with E-state index in [1.54, 1.807) is 35.2 Å². The van der Waals surface area contributed by atoms with Gasteiger partial charge in [-0.2, -0.15) is 0 Å². The van der Waals surface area contributed by atoms with E-state index in [2.05, 4.69) is 20.9 Å². The Morgan fingerprint density at radius 3 is 2.53 bits per heavy atom. The monoisotopic (exact) mass is 773 g/mol. The Hall–Kier alpha value is -6.43. The van der Waals surface area contributed by atoms with Gasteiger partial charge in [-0.3, -0.25) is 14.4 Å². The van der Waals surface area contributed by atoms with Crippen LogP contribution in [0.3, 0.4) is 0 Å². The lowest BCUT2D eigenvalue weighted by Gasteiger charge is -2.24. The Morgan fingerprint density at radius 2 is 1.75 bits per heavy atom. The van der Waals surface area contributed by atoms with Gasteiger partial charge >= 0.3 is 0 Å². The topological polar surface area (TPSA) is 144 Å². The quantitative estimate of drug-likeness (QED) is 0.145. The Labute approximate surface area is 331 Å². The molecule has 5 aromatic rings. The predicted octanol–water partition coefficient (Wildman–Crippen LogP) is 6.18. The number of phenolic OH excluding ortho intramolecular Hbond substituents is 1. The maximum atomic E-state index is 14.2. The van der Waals surface area contributed by atoms with Crippen LogP contribution in [-0.4, -0.2) is 64.2 Å². The van der Waals surface area contributed by atoms with Gasteiger partial charge in [-0.15, -0.1) is 0 Å². The van der Waals surface area contributed by atoms with Crippen LogP contribution in [0.2, 0.25) is 0 Å². The highest BCUT2D eigenvalue weighted by Crippen LogP contribution is 2.25. The average molecular weight is 774 g/mol. The van der Waals surface area contributed by atoms with E-state index in [1.165, 1.54) is 24.3 Å². The minimum Gasteiger partial charge on any atom is -0.508 e. The lowest BCUT2D eigenvalue weighted by molar-refractivity contribution is -0.132. The van der Waals surface area contributed by atoms with Gasteiger partial charge in [0.15, 0.2) is 0 Å². The van der Waals surface area contributed by atoms with Crippen LogP contribution in [0.25, 0.3) is 17.3 Å². The van der Waals surface area contributed by atoms with Gasteiger partial charge in [0.25, 0.3) is 0 Å². The van der Waals surface area contributed by atoms with Crippen LogP contribution in [0.5, 0.6) is 17.2 Å². The predicted molar refractivity (Wildman–Crippen MR) is 216 cm³/mol. The normalized spacial score (nSPS) is 17.4. The highest BCUT2D eigenvalue weighted by atomic mass is 19.1. The number of aromatic nitrogens is 2. The van der Waals surface area contributed by atoms with Gasteiger partial charge in [-0.05, 0) is 103 Å². The van der Waals surface area contributed by atoms with Crippen LogP contribution in [0.4, 0.5) is 4.39 Å². The lowest BCUT2D eigenvalue weighted by Crippen LogP contribution is -2.55. The fraction of sp³-hybridized carbons (Fsp3) is 0.289. The summed E-state index contributed by atoms with van der Waals surface area (Å²) in [5.41, 5.74) is 4.50. The number of carbonyl (C=O) groups is 3. The molecule has 0 unspecified atom stereocenters. The fourth-order valence-corrected chi connectivity index (χ4v) is 6.54. The van der Waals surface area contributed by atoms with Crippen molar-refractivity contribution in [1.29, 1.82) is 0 Å². The molecule has 0 saturated heterocycles. The highest BCUT2D eigenvalue weighted by Gasteiger charge is 2.28. The first-order valence-electron chi connectivity index (χ1n) is 19.3. The number of imidazole rings is 1. The van der Waals surface area contributed by atoms with E-state index in [-0.39, 0.29) is 36.9 Å². The molecule has 3 heterocycles. The van der Waals surface area contributed by atoms with Gasteiger partial charge in [0.2, 0.25) is 17.7 Å². The molecule has 2 aliphatic rings. The maximum Gasteiger partial charge on any atom is 0.243 e. The molecule has 1 aromatic heterocycles. The Kier molecular flexibility index (Phi) is 14.1. The van der Waals surface area contributed by atoms with E-state index in [1.807, 2.05) is 67.6 Å². The van der Waals surface area contributed by atoms with Crippen LogP contribution in [0.1, 0.15) is 48.6 Å². The lowest BCUT2D eigenvalue weighted by atomic mass is 10.0. The minimum absolute atomic E-state index is 0.0664. The summed E-state index contributed by atoms with van der Waals surface area (Å²) in [4.78, 5) is 46.2. The third-order valence-corrected chi connectivity index (χ3v) is 9.57. The van der Waals surface area contributed by atoms with Crippen LogP contribution in [0, 0.1) is 5.82 Å². The molecule has 4 bridgehead atoms. The number of hydrogen-bond acceptors (Lipinski definition) is 7.